The summed E-state index contributed by atoms with van der Waals surface area (Å²) >= 11 is 0. The molecule has 4 fully saturated rings. The van der Waals surface area contributed by atoms with E-state index in [0.29, 0.717) is 6.42 Å². The lowest BCUT2D eigenvalue weighted by Crippen LogP contribution is -2.57. The van der Waals surface area contributed by atoms with E-state index >= 15 is 0 Å². The van der Waals surface area contributed by atoms with Gasteiger partial charge in [0.1, 0.15) is 24.4 Å². The van der Waals surface area contributed by atoms with Crippen molar-refractivity contribution in [2.45, 2.75) is 168 Å². The highest BCUT2D eigenvalue weighted by Crippen LogP contribution is 2.44. The molecule has 0 bridgehead atoms. The fourth-order valence-corrected chi connectivity index (χ4v) is 8.63. The third kappa shape index (κ3) is 10.2. The van der Waals surface area contributed by atoms with Gasteiger partial charge in [-0.3, -0.25) is 19.2 Å². The fourth-order valence-electron chi connectivity index (χ4n) is 8.63. The van der Waals surface area contributed by atoms with E-state index in [9.17, 15) is 24.3 Å². The Morgan fingerprint density at radius 1 is 0.796 bits per heavy atom. The minimum absolute atomic E-state index is 0.182. The Morgan fingerprint density at radius 2 is 1.41 bits per heavy atom. The molecule has 15 nitrogen and oxygen atoms in total. The van der Waals surface area contributed by atoms with Crippen molar-refractivity contribution in [1.82, 2.24) is 4.90 Å². The molecule has 0 aromatic carbocycles. The topological polar surface area (TPSA) is 178 Å². The first-order valence-corrected chi connectivity index (χ1v) is 19.4. The first-order chi connectivity index (χ1) is 25.2. The van der Waals surface area contributed by atoms with Crippen LogP contribution in [0.15, 0.2) is 0 Å². The van der Waals surface area contributed by atoms with Crippen molar-refractivity contribution in [3.8, 4) is 0 Å². The number of esters is 3. The number of rotatable bonds is 8. The Kier molecular flexibility index (Phi) is 15.1. The number of Topliss-reactive ketones (excluding diaryl/α,β-unsaturated/α-hetero) is 1. The first kappa shape index (κ1) is 44.5. The lowest BCUT2D eigenvalue weighted by Gasteiger charge is -2.46. The number of hydrogen-bond donors (Lipinski definition) is 1. The maximum absolute atomic E-state index is 14.3. The number of carbonyl (C=O) groups excluding carboxylic acids is 4. The van der Waals surface area contributed by atoms with Gasteiger partial charge in [-0.2, -0.15) is 0 Å². The second-order valence-electron chi connectivity index (χ2n) is 16.5. The van der Waals surface area contributed by atoms with Gasteiger partial charge in [0, 0.05) is 45.3 Å². The Labute approximate surface area is 320 Å². The molecule has 0 saturated carbocycles. The molecule has 4 aliphatic heterocycles. The van der Waals surface area contributed by atoms with Crippen LogP contribution in [0.3, 0.4) is 0 Å². The molecule has 310 valence electrons. The number of likely N-dealkylation sites (N-methyl/N-ethyl adjacent to an activating group) is 1. The number of aliphatic hydroxyl groups is 1. The molecule has 4 heterocycles. The van der Waals surface area contributed by atoms with Crippen molar-refractivity contribution < 1.29 is 66.9 Å². The summed E-state index contributed by atoms with van der Waals surface area (Å²) in [6.07, 6.45) is -7.26. The van der Waals surface area contributed by atoms with Crippen molar-refractivity contribution in [1.29, 1.82) is 0 Å². The largest absolute Gasteiger partial charge is 0.462 e. The van der Waals surface area contributed by atoms with Crippen LogP contribution in [-0.4, -0.2) is 141 Å². The van der Waals surface area contributed by atoms with Crippen molar-refractivity contribution in [2.75, 3.05) is 27.8 Å². The van der Waals surface area contributed by atoms with E-state index in [-0.39, 0.29) is 37.4 Å². The predicted octanol–water partition coefficient (Wildman–Crippen LogP) is 3.05. The van der Waals surface area contributed by atoms with E-state index in [1.165, 1.54) is 21.0 Å². The lowest BCUT2D eigenvalue weighted by atomic mass is 9.76. The zero-order valence-corrected chi connectivity index (χ0v) is 34.3. The number of aliphatic hydroxyl groups excluding tert-OH is 1. The smallest absolute Gasteiger partial charge is 0.311 e. The molecule has 0 amide bonds. The van der Waals surface area contributed by atoms with Gasteiger partial charge in [-0.25, -0.2) is 0 Å². The molecule has 1 spiro atoms. The standard InChI is InChI=1S/C39H65NO14/c1-18-16-39(17-47-39)36(44)22(5)33(51-26(9)41)20(3)24(7)50-37(45)23(6)34(53-30-15-29(46-13)35(25(8)49-30)52-27(10)42)21(4)32(18)54-38-31(43)28(40(11)12)14-19(2)48-38/h18-25,28-35,38,43H,14-17H2,1-13H3/t18-,19+,20-,21+,22+,23+,24+,25-,28-,29-,30-,31+,32-,33-,34-,35-,38-,39+/m0/s1. The molecule has 0 radical (unpaired) electrons. The Morgan fingerprint density at radius 3 is 1.96 bits per heavy atom. The van der Waals surface area contributed by atoms with Crippen LogP contribution in [0.25, 0.3) is 0 Å². The number of epoxide rings is 1. The second kappa shape index (κ2) is 18.4. The molecule has 15 heteroatoms. The maximum Gasteiger partial charge on any atom is 0.311 e. The normalized spacial score (nSPS) is 45.4. The Balaban J connectivity index is 1.77. The highest BCUT2D eigenvalue weighted by Gasteiger charge is 2.58. The quantitative estimate of drug-likeness (QED) is 0.216. The summed E-state index contributed by atoms with van der Waals surface area (Å²) in [6.45, 7) is 17.2. The molecule has 54 heavy (non-hydrogen) atoms. The van der Waals surface area contributed by atoms with Crippen LogP contribution in [0.4, 0.5) is 0 Å². The van der Waals surface area contributed by atoms with Crippen LogP contribution in [0.2, 0.25) is 0 Å². The van der Waals surface area contributed by atoms with Gasteiger partial charge in [-0.05, 0) is 60.5 Å². The summed E-state index contributed by atoms with van der Waals surface area (Å²) < 4.78 is 55.1. The number of ether oxygens (including phenoxy) is 9. The third-order valence-electron chi connectivity index (χ3n) is 11.9. The van der Waals surface area contributed by atoms with Crippen molar-refractivity contribution >= 4 is 23.7 Å². The van der Waals surface area contributed by atoms with Gasteiger partial charge in [-0.15, -0.1) is 0 Å². The maximum atomic E-state index is 14.3. The van der Waals surface area contributed by atoms with Crippen molar-refractivity contribution in [2.24, 2.45) is 29.6 Å². The number of methoxy groups -OCH3 is 1. The zero-order valence-electron chi connectivity index (χ0n) is 34.3. The highest BCUT2D eigenvalue weighted by molar-refractivity contribution is 5.92. The van der Waals surface area contributed by atoms with Gasteiger partial charge < -0.3 is 52.6 Å². The van der Waals surface area contributed by atoms with Gasteiger partial charge in [-0.1, -0.05) is 27.7 Å². The number of cyclic esters (lactones) is 1. The van der Waals surface area contributed by atoms with Gasteiger partial charge in [0.05, 0.1) is 42.9 Å². The molecular weight excluding hydrogens is 706 g/mol. The van der Waals surface area contributed by atoms with Crippen LogP contribution >= 0.6 is 0 Å². The molecule has 0 aliphatic carbocycles. The van der Waals surface area contributed by atoms with Gasteiger partial charge in [0.2, 0.25) is 0 Å². The van der Waals surface area contributed by atoms with E-state index in [2.05, 4.69) is 0 Å². The first-order valence-electron chi connectivity index (χ1n) is 19.4. The van der Waals surface area contributed by atoms with Crippen LogP contribution < -0.4 is 0 Å². The van der Waals surface area contributed by atoms with E-state index < -0.39 is 115 Å². The summed E-state index contributed by atoms with van der Waals surface area (Å²) in [4.78, 5) is 54.6. The summed E-state index contributed by atoms with van der Waals surface area (Å²) in [5, 5.41) is 11.6. The Hall–Kier alpha value is -2.24. The van der Waals surface area contributed by atoms with E-state index in [0.717, 1.165) is 0 Å². The average Bonchev–Trinajstić information content (AvgIpc) is 3.88. The molecule has 18 atom stereocenters. The Bertz CT molecular complexity index is 1310. The summed E-state index contributed by atoms with van der Waals surface area (Å²) in [5.74, 6) is -5.00. The van der Waals surface area contributed by atoms with Crippen molar-refractivity contribution in [3.63, 3.8) is 0 Å². The highest BCUT2D eigenvalue weighted by atomic mass is 16.7. The lowest BCUT2D eigenvalue weighted by molar-refractivity contribution is -0.299. The number of nitrogens with zero attached hydrogens (tertiary/aromatic N) is 1. The monoisotopic (exact) mass is 771 g/mol. The summed E-state index contributed by atoms with van der Waals surface area (Å²) in [7, 11) is 5.31. The average molecular weight is 772 g/mol. The van der Waals surface area contributed by atoms with Gasteiger partial charge in [0.15, 0.2) is 30.1 Å². The van der Waals surface area contributed by atoms with Crippen molar-refractivity contribution in [3.05, 3.63) is 0 Å². The molecule has 4 rings (SSSR count). The predicted molar refractivity (Wildman–Crippen MR) is 193 cm³/mol. The van der Waals surface area contributed by atoms with Crippen LogP contribution in [0.5, 0.6) is 0 Å². The molecule has 0 aromatic heterocycles. The van der Waals surface area contributed by atoms with Gasteiger partial charge in [0.25, 0.3) is 0 Å². The third-order valence-corrected chi connectivity index (χ3v) is 11.9. The minimum atomic E-state index is -1.16. The second-order valence-corrected chi connectivity index (χ2v) is 16.5. The van der Waals surface area contributed by atoms with Crippen LogP contribution in [-0.2, 0) is 61.8 Å². The number of carbonyl (C=O) groups is 4. The van der Waals surface area contributed by atoms with Gasteiger partial charge >= 0.3 is 17.9 Å². The molecule has 0 unspecified atom stereocenters. The van der Waals surface area contributed by atoms with Crippen LogP contribution in [0, 0.1) is 29.6 Å². The fraction of sp³-hybridized carbons (Fsp3) is 0.897. The number of ketones is 1. The minimum Gasteiger partial charge on any atom is -0.462 e. The van der Waals surface area contributed by atoms with Crippen LogP contribution in [0.1, 0.15) is 88.5 Å². The molecular formula is C39H65NO14. The zero-order chi connectivity index (χ0) is 40.4. The number of hydrogen-bond acceptors (Lipinski definition) is 15. The van der Waals surface area contributed by atoms with E-state index in [4.69, 9.17) is 42.6 Å². The molecule has 4 saturated heterocycles. The van der Waals surface area contributed by atoms with E-state index in [1.54, 1.807) is 34.6 Å². The molecule has 0 aromatic rings. The summed E-state index contributed by atoms with van der Waals surface area (Å²) in [5.41, 5.74) is -1.16. The van der Waals surface area contributed by atoms with E-state index in [1.807, 2.05) is 39.8 Å². The SMILES string of the molecule is CO[C@H]1C[C@H](O[C@H]2[C@H](C)[C@@H](O[C@@H]3O[C@H](C)C[C@H](N(C)C)[C@H]3O)[C@@H](C)C[C@@]3(CO3)C(=O)[C@H](C)[C@@H](OC(C)=O)[C@@H](C)[C@@H](C)OC(=O)[C@@H]2C)O[C@@H](C)[C@@H]1OC(C)=O. The molecule has 1 N–H and O–H groups in total. The molecule has 4 aliphatic rings. The summed E-state index contributed by atoms with van der Waals surface area (Å²) in [6, 6.07) is -0.251.